The van der Waals surface area contributed by atoms with Crippen molar-refractivity contribution in [3.05, 3.63) is 297 Å². The molecule has 12 rings (SSSR count). The third kappa shape index (κ3) is 21.5. The minimum absolute atomic E-state index is 0.155. The zero-order valence-electron chi connectivity index (χ0n) is 55.7. The number of carboxylic acids is 1. The molecule has 0 bridgehead atoms. The van der Waals surface area contributed by atoms with Crippen LogP contribution in [0.1, 0.15) is 142 Å². The van der Waals surface area contributed by atoms with Crippen molar-refractivity contribution < 1.29 is 48.1 Å². The van der Waals surface area contributed by atoms with E-state index in [4.69, 9.17) is 30.9 Å². The lowest BCUT2D eigenvalue weighted by atomic mass is 10.0. The Morgan fingerprint density at radius 3 is 1.19 bits per heavy atom. The van der Waals surface area contributed by atoms with Crippen LogP contribution in [0.4, 0.5) is 0 Å². The molecular weight excluding hydrogens is 1240 g/mol. The number of aromatic amines is 4. The second-order valence-corrected chi connectivity index (χ2v) is 23.4. The second-order valence-electron chi connectivity index (χ2n) is 23.0. The number of carbonyl (C=O) groups excluding carboxylic acids is 5. The minimum atomic E-state index is -0.899. The first-order valence-corrected chi connectivity index (χ1v) is 32.8. The molecule has 0 radical (unpaired) electrons. The van der Waals surface area contributed by atoms with E-state index in [9.17, 15) is 28.8 Å². The molecule has 14 nitrogen and oxygen atoms in total. The average molecular weight is 1320 g/mol. The van der Waals surface area contributed by atoms with Crippen molar-refractivity contribution in [1.82, 2.24) is 19.9 Å². The predicted molar refractivity (Wildman–Crippen MR) is 390 cm³/mol. The van der Waals surface area contributed by atoms with Crippen molar-refractivity contribution >= 4 is 102 Å². The van der Waals surface area contributed by atoms with E-state index in [1.165, 1.54) is 55.8 Å². The van der Waals surface area contributed by atoms with Gasteiger partial charge in [0.05, 0.1) is 19.8 Å². The van der Waals surface area contributed by atoms with Gasteiger partial charge in [0.15, 0.2) is 5.78 Å². The van der Waals surface area contributed by atoms with Gasteiger partial charge in [-0.15, -0.1) is 0 Å². The number of ether oxygens (including phenoxy) is 3. The van der Waals surface area contributed by atoms with Gasteiger partial charge in [-0.05, 0) is 230 Å². The molecule has 0 saturated carbocycles. The number of aromatic nitrogens is 4. The molecule has 0 unspecified atom stereocenters. The van der Waals surface area contributed by atoms with E-state index in [-0.39, 0.29) is 23.4 Å². The fourth-order valence-electron chi connectivity index (χ4n) is 10.9. The van der Waals surface area contributed by atoms with Crippen molar-refractivity contribution in [3.8, 4) is 0 Å². The molecule has 4 aromatic heterocycles. The molecule has 0 spiro atoms. The Kier molecular flexibility index (Phi) is 26.6. The van der Waals surface area contributed by atoms with E-state index in [2.05, 4.69) is 111 Å². The Morgan fingerprint density at radius 1 is 0.392 bits per heavy atom. The fraction of sp³-hybridized carbons (Fsp3) is 0.195. The van der Waals surface area contributed by atoms with Crippen LogP contribution in [0, 0.1) is 27.7 Å². The summed E-state index contributed by atoms with van der Waals surface area (Å²) in [6.45, 7) is 14.0. The fourth-order valence-corrected chi connectivity index (χ4v) is 11.0. The molecule has 5 N–H and O–H groups in total. The van der Waals surface area contributed by atoms with Gasteiger partial charge in [0.2, 0.25) is 5.24 Å². The average Bonchev–Trinajstić information content (AvgIpc) is 1.92. The molecule has 4 heterocycles. The molecule has 0 amide bonds. The normalized spacial score (nSPS) is 10.8. The van der Waals surface area contributed by atoms with Crippen LogP contribution in [0.5, 0.6) is 0 Å². The first kappa shape index (κ1) is 71.8. The van der Waals surface area contributed by atoms with Gasteiger partial charge in [-0.3, -0.25) is 9.59 Å². The number of halogens is 1. The quantitative estimate of drug-likeness (QED) is 0.0160. The summed E-state index contributed by atoms with van der Waals surface area (Å²) in [7, 11) is 0. The number of rotatable bonds is 20. The number of aromatic carboxylic acids is 1. The second kappa shape index (κ2) is 36.0. The van der Waals surface area contributed by atoms with Gasteiger partial charge in [0.25, 0.3) is 0 Å². The number of hydrogen-bond donors (Lipinski definition) is 5. The maximum absolute atomic E-state index is 12.4. The molecule has 0 saturated heterocycles. The van der Waals surface area contributed by atoms with Gasteiger partial charge in [-0.1, -0.05) is 170 Å². The van der Waals surface area contributed by atoms with Gasteiger partial charge in [-0.2, -0.15) is 0 Å². The third-order valence-electron chi connectivity index (χ3n) is 15.9. The smallest absolute Gasteiger partial charge is 0.354 e. The molecule has 0 aliphatic rings. The number of hydrogen-bond acceptors (Lipinski definition) is 9. The van der Waals surface area contributed by atoms with Crippen molar-refractivity contribution in [3.63, 3.8) is 0 Å². The summed E-state index contributed by atoms with van der Waals surface area (Å²) in [6, 6.07) is 67.0. The number of carbonyl (C=O) groups is 6. The van der Waals surface area contributed by atoms with E-state index in [0.29, 0.717) is 48.2 Å². The number of nitrogens with one attached hydrogen (secondary N) is 4. The van der Waals surface area contributed by atoms with Crippen LogP contribution in [0.25, 0.3) is 55.2 Å². The molecular formula is C82H81ClN4O10. The number of esters is 3. The summed E-state index contributed by atoms with van der Waals surface area (Å²) in [5.74, 6) is -2.08. The third-order valence-corrected chi connectivity index (χ3v) is 16.0. The SMILES string of the molecule is CCOC(=O)c1cc(C(=O)/C=C/c2ccc3ccccc3c2)c(C)[nH]1.CCOC(=O)c1cc(CCCc2ccc3ccccc3c2)c(C)[nH]1.CCOC(=O)c1ccc(C)[nH]1.Cc1[nH]c(C(=O)O)cc1CCCc1ccc2ccccc2c1.O=C(Cl)/C=C/c1ccc2ccccc2c1. The van der Waals surface area contributed by atoms with Crippen molar-refractivity contribution in [1.29, 1.82) is 0 Å². The van der Waals surface area contributed by atoms with E-state index in [1.54, 1.807) is 51.1 Å². The standard InChI is InChI=1S/C21H19NO3.C21H23NO2.C19H19NO2.C13H9ClO.C8H11NO2/c1-3-25-21(24)19-13-18(14(2)22-19)20(23)11-9-15-8-10-16-6-4-5-7-17(16)12-15;1-3-24-21(23)20-14-18(15(2)22-20)10-6-7-16-11-12-17-8-4-5-9-19(17)13-16;1-13-16(12-18(20-13)19(21)22)8-4-5-14-9-10-15-6-2-3-7-17(15)11-14;14-13(15)8-6-10-5-7-11-3-1-2-4-12(11)9-10;1-3-11-8(10)7-5-4-6(2)9-7/h4-13,22H,3H2,1-2H3;4-5,8-9,11-14,22H,3,6-7,10H2,1-2H3;2-3,6-7,9-12,20H,4-5,8H2,1H3,(H,21,22);1-9H;4-5,9H,3H2,1-2H3/b11-9+;;;8-6+;. The highest BCUT2D eigenvalue weighted by atomic mass is 35.5. The number of carboxylic acid groups (broad SMARTS) is 1. The highest BCUT2D eigenvalue weighted by molar-refractivity contribution is 6.66. The lowest BCUT2D eigenvalue weighted by Gasteiger charge is -2.04. The summed E-state index contributed by atoms with van der Waals surface area (Å²) in [4.78, 5) is 80.3. The van der Waals surface area contributed by atoms with E-state index in [1.807, 2.05) is 119 Å². The zero-order valence-corrected chi connectivity index (χ0v) is 56.5. The molecule has 496 valence electrons. The highest BCUT2D eigenvalue weighted by Crippen LogP contribution is 2.23. The van der Waals surface area contributed by atoms with Gasteiger partial charge >= 0.3 is 23.9 Å². The first-order valence-electron chi connectivity index (χ1n) is 32.4. The van der Waals surface area contributed by atoms with Crippen LogP contribution < -0.4 is 0 Å². The Hall–Kier alpha value is -11.1. The Balaban J connectivity index is 0.000000159. The summed E-state index contributed by atoms with van der Waals surface area (Å²) >= 11 is 5.22. The Bertz CT molecular complexity index is 4750. The minimum Gasteiger partial charge on any atom is -0.477 e. The van der Waals surface area contributed by atoms with Gasteiger partial charge in [-0.25, -0.2) is 19.2 Å². The van der Waals surface area contributed by atoms with Crippen LogP contribution in [0.15, 0.2) is 212 Å². The molecule has 12 aromatic rings. The van der Waals surface area contributed by atoms with Crippen LogP contribution >= 0.6 is 11.6 Å². The largest absolute Gasteiger partial charge is 0.477 e. The Labute approximate surface area is 570 Å². The maximum atomic E-state index is 12.4. The number of allylic oxidation sites excluding steroid dienone is 2. The number of H-pyrrole nitrogens is 4. The van der Waals surface area contributed by atoms with Gasteiger partial charge in [0, 0.05) is 28.3 Å². The highest BCUT2D eigenvalue weighted by Gasteiger charge is 2.17. The predicted octanol–water partition coefficient (Wildman–Crippen LogP) is 18.8. The molecule has 0 atom stereocenters. The summed E-state index contributed by atoms with van der Waals surface area (Å²) in [5, 5.41) is 18.3. The van der Waals surface area contributed by atoms with Crippen LogP contribution in [-0.2, 0) is 44.7 Å². The zero-order chi connectivity index (χ0) is 69.2. The van der Waals surface area contributed by atoms with Crippen molar-refractivity contribution in [2.45, 2.75) is 87.0 Å². The Morgan fingerprint density at radius 2 is 0.773 bits per heavy atom. The van der Waals surface area contributed by atoms with Crippen LogP contribution in [0.3, 0.4) is 0 Å². The van der Waals surface area contributed by atoms with Crippen molar-refractivity contribution in [2.75, 3.05) is 19.8 Å². The topological polar surface area (TPSA) is 213 Å². The lowest BCUT2D eigenvalue weighted by molar-refractivity contribution is -0.107. The molecule has 0 fully saturated rings. The summed E-state index contributed by atoms with van der Waals surface area (Å²) in [6.07, 6.45) is 12.3. The van der Waals surface area contributed by atoms with Crippen LogP contribution in [-0.4, -0.2) is 79.8 Å². The van der Waals surface area contributed by atoms with Crippen molar-refractivity contribution in [2.24, 2.45) is 0 Å². The molecule has 0 aliphatic heterocycles. The number of benzene rings is 8. The molecule has 8 aromatic carbocycles. The first-order chi connectivity index (χ1) is 46.9. The monoisotopic (exact) mass is 1320 g/mol. The molecule has 97 heavy (non-hydrogen) atoms. The van der Waals surface area contributed by atoms with Gasteiger partial charge < -0.3 is 39.3 Å². The number of ketones is 1. The maximum Gasteiger partial charge on any atom is 0.354 e. The number of aryl methyl sites for hydroxylation is 8. The molecule has 15 heteroatoms. The summed E-state index contributed by atoms with van der Waals surface area (Å²) < 4.78 is 14.8. The number of fused-ring (bicyclic) bond motifs is 4. The van der Waals surface area contributed by atoms with E-state index >= 15 is 0 Å². The molecule has 0 aliphatic carbocycles. The van der Waals surface area contributed by atoms with Crippen LogP contribution in [0.2, 0.25) is 0 Å². The van der Waals surface area contributed by atoms with Gasteiger partial charge in [0.1, 0.15) is 22.8 Å². The van der Waals surface area contributed by atoms with E-state index in [0.717, 1.165) is 88.5 Å². The lowest BCUT2D eigenvalue weighted by Crippen LogP contribution is -2.04. The summed E-state index contributed by atoms with van der Waals surface area (Å²) in [5.41, 5.74) is 12.6. The van der Waals surface area contributed by atoms with E-state index < -0.39 is 17.2 Å².